The van der Waals surface area contributed by atoms with Crippen molar-refractivity contribution in [2.24, 2.45) is 5.41 Å². The van der Waals surface area contributed by atoms with Crippen LogP contribution in [0.1, 0.15) is 25.0 Å². The van der Waals surface area contributed by atoms with Gasteiger partial charge in [0.2, 0.25) is 0 Å². The minimum absolute atomic E-state index is 0.00458. The van der Waals surface area contributed by atoms with E-state index in [1.54, 1.807) is 26.0 Å². The lowest BCUT2D eigenvalue weighted by atomic mass is 9.75. The van der Waals surface area contributed by atoms with Gasteiger partial charge in [0.05, 0.1) is 13.2 Å². The molecule has 43 heavy (non-hydrogen) atoms. The van der Waals surface area contributed by atoms with Crippen molar-refractivity contribution in [2.45, 2.75) is 26.7 Å². The number of esters is 2. The van der Waals surface area contributed by atoms with Gasteiger partial charge in [0, 0.05) is 46.5 Å². The summed E-state index contributed by atoms with van der Waals surface area (Å²) in [5.41, 5.74) is -1.67. The molecule has 0 aliphatic heterocycles. The Morgan fingerprint density at radius 3 is 1.44 bits per heavy atom. The number of hydrogen-bond acceptors (Lipinski definition) is 8. The van der Waals surface area contributed by atoms with Crippen LogP contribution in [0.4, 0.5) is 0 Å². The van der Waals surface area contributed by atoms with Crippen molar-refractivity contribution in [3.63, 3.8) is 0 Å². The molecule has 2 heterocycles. The van der Waals surface area contributed by atoms with E-state index in [2.05, 4.69) is 0 Å². The number of carbonyl (C=O) groups is 2. The van der Waals surface area contributed by atoms with E-state index in [0.29, 0.717) is 33.1 Å². The van der Waals surface area contributed by atoms with E-state index >= 15 is 0 Å². The Hall–Kier alpha value is -5.24. The van der Waals surface area contributed by atoms with Gasteiger partial charge >= 0.3 is 23.2 Å². The summed E-state index contributed by atoms with van der Waals surface area (Å²) in [5, 5.41) is 4.31. The zero-order chi connectivity index (χ0) is 30.1. The van der Waals surface area contributed by atoms with Crippen LogP contribution in [0.2, 0.25) is 0 Å². The van der Waals surface area contributed by atoms with Crippen molar-refractivity contribution in [3.8, 4) is 0 Å². The van der Waals surface area contributed by atoms with Crippen molar-refractivity contribution >= 4 is 55.4 Å². The maximum atomic E-state index is 13.9. The first kappa shape index (κ1) is 27.9. The van der Waals surface area contributed by atoms with Gasteiger partial charge in [-0.25, -0.2) is 9.59 Å². The highest BCUT2D eigenvalue weighted by Gasteiger charge is 2.50. The molecule has 0 aliphatic carbocycles. The molecule has 2 aromatic heterocycles. The molecule has 0 spiro atoms. The maximum Gasteiger partial charge on any atom is 0.336 e. The first-order valence-corrected chi connectivity index (χ1v) is 14.1. The van der Waals surface area contributed by atoms with E-state index in [-0.39, 0.29) is 26.1 Å². The second-order valence-electron chi connectivity index (χ2n) is 10.4. The number of ether oxygens (including phenoxy) is 2. The van der Waals surface area contributed by atoms with Crippen LogP contribution in [0, 0.1) is 5.41 Å². The van der Waals surface area contributed by atoms with Crippen LogP contribution in [0.5, 0.6) is 0 Å². The van der Waals surface area contributed by atoms with E-state index in [9.17, 15) is 19.2 Å². The van der Waals surface area contributed by atoms with Gasteiger partial charge in [0.1, 0.15) is 11.2 Å². The van der Waals surface area contributed by atoms with E-state index in [1.807, 2.05) is 60.7 Å². The lowest BCUT2D eigenvalue weighted by Gasteiger charge is -2.30. The van der Waals surface area contributed by atoms with Crippen molar-refractivity contribution < 1.29 is 27.9 Å². The molecule has 0 atom stereocenters. The highest BCUT2D eigenvalue weighted by atomic mass is 16.6. The molecule has 8 nitrogen and oxygen atoms in total. The number of hydrogen-bond donors (Lipinski definition) is 0. The predicted octanol–water partition coefficient (Wildman–Crippen LogP) is 6.10. The number of benzene rings is 4. The molecule has 6 aromatic rings. The molecule has 4 aromatic carbocycles. The van der Waals surface area contributed by atoms with Crippen LogP contribution < -0.4 is 11.3 Å². The number of rotatable bonds is 8. The minimum Gasteiger partial charge on any atom is -0.465 e. The molecular formula is C35H28O8. The van der Waals surface area contributed by atoms with Crippen LogP contribution in [-0.2, 0) is 31.9 Å². The van der Waals surface area contributed by atoms with Crippen molar-refractivity contribution in [1.82, 2.24) is 0 Å². The Kier molecular flexibility index (Phi) is 7.27. The highest BCUT2D eigenvalue weighted by molar-refractivity contribution is 6.07. The minimum atomic E-state index is -1.94. The monoisotopic (exact) mass is 576 g/mol. The van der Waals surface area contributed by atoms with Gasteiger partial charge < -0.3 is 18.3 Å². The average molecular weight is 577 g/mol. The third kappa shape index (κ3) is 4.95. The fourth-order valence-corrected chi connectivity index (χ4v) is 5.83. The SMILES string of the molecule is CCOC(=O)C(Cc1cc(=O)oc2c1ccc1ccccc12)(Cc1cc(=O)oc2c1ccc1ccccc12)C(=O)OCC. The molecule has 6 rings (SSSR count). The second kappa shape index (κ2) is 11.2. The molecule has 0 radical (unpaired) electrons. The zero-order valence-corrected chi connectivity index (χ0v) is 23.7. The lowest BCUT2D eigenvalue weighted by molar-refractivity contribution is -0.172. The average Bonchev–Trinajstić information content (AvgIpc) is 3.00. The van der Waals surface area contributed by atoms with E-state index < -0.39 is 28.6 Å². The third-order valence-electron chi connectivity index (χ3n) is 7.76. The topological polar surface area (TPSA) is 113 Å². The smallest absolute Gasteiger partial charge is 0.336 e. The van der Waals surface area contributed by atoms with Gasteiger partial charge in [0.25, 0.3) is 0 Å². The van der Waals surface area contributed by atoms with Crippen molar-refractivity contribution in [3.05, 3.63) is 117 Å². The molecule has 0 saturated carbocycles. The molecule has 0 unspecified atom stereocenters. The largest absolute Gasteiger partial charge is 0.465 e. The van der Waals surface area contributed by atoms with Gasteiger partial charge in [-0.15, -0.1) is 0 Å². The molecule has 0 bridgehead atoms. The first-order valence-electron chi connectivity index (χ1n) is 14.1. The van der Waals surface area contributed by atoms with Crippen molar-refractivity contribution in [2.75, 3.05) is 13.2 Å². The molecule has 0 aliphatic rings. The van der Waals surface area contributed by atoms with Gasteiger partial charge in [-0.3, -0.25) is 9.59 Å². The summed E-state index contributed by atoms with van der Waals surface area (Å²) in [6.07, 6.45) is -0.471. The van der Waals surface area contributed by atoms with Gasteiger partial charge in [-0.2, -0.15) is 0 Å². The summed E-state index contributed by atoms with van der Waals surface area (Å²) < 4.78 is 22.3. The Morgan fingerprint density at radius 2 is 1.02 bits per heavy atom. The summed E-state index contributed by atoms with van der Waals surface area (Å²) in [6.45, 7) is 3.30. The van der Waals surface area contributed by atoms with Gasteiger partial charge in [-0.1, -0.05) is 72.8 Å². The van der Waals surface area contributed by atoms with Gasteiger partial charge in [0.15, 0.2) is 5.41 Å². The lowest BCUT2D eigenvalue weighted by Crippen LogP contribution is -2.46. The Morgan fingerprint density at radius 1 is 0.605 bits per heavy atom. The fourth-order valence-electron chi connectivity index (χ4n) is 5.83. The molecule has 216 valence electrons. The summed E-state index contributed by atoms with van der Waals surface area (Å²) in [4.78, 5) is 53.6. The number of fused-ring (bicyclic) bond motifs is 6. The van der Waals surface area contributed by atoms with Crippen molar-refractivity contribution in [1.29, 1.82) is 0 Å². The van der Waals surface area contributed by atoms with Crippen LogP contribution >= 0.6 is 0 Å². The Bertz CT molecular complexity index is 2000. The second-order valence-corrected chi connectivity index (χ2v) is 10.4. The standard InChI is InChI=1S/C35H28O8/c1-3-40-33(38)35(34(39)41-4-2,19-23-17-29(36)42-31-25-11-7-5-9-21(25)13-15-27(23)31)20-24-18-30(37)43-32-26-12-8-6-10-22(26)14-16-28(24)32/h5-18H,3-4,19-20H2,1-2H3. The molecule has 0 saturated heterocycles. The summed E-state index contributed by atoms with van der Waals surface area (Å²) >= 11 is 0. The first-order chi connectivity index (χ1) is 20.8. The molecule has 0 amide bonds. The fraction of sp³-hybridized carbons (Fsp3) is 0.200. The van der Waals surface area contributed by atoms with Crippen LogP contribution in [0.3, 0.4) is 0 Å². The highest BCUT2D eigenvalue weighted by Crippen LogP contribution is 2.37. The van der Waals surface area contributed by atoms with Crippen LogP contribution in [0.15, 0.2) is 103 Å². The molecule has 8 heteroatoms. The zero-order valence-electron chi connectivity index (χ0n) is 23.7. The van der Waals surface area contributed by atoms with E-state index in [4.69, 9.17) is 18.3 Å². The van der Waals surface area contributed by atoms with E-state index in [0.717, 1.165) is 21.5 Å². The summed E-state index contributed by atoms with van der Waals surface area (Å²) in [7, 11) is 0. The van der Waals surface area contributed by atoms with Crippen LogP contribution in [0.25, 0.3) is 43.5 Å². The molecule has 0 fully saturated rings. The molecular weight excluding hydrogens is 548 g/mol. The quantitative estimate of drug-likeness (QED) is 0.0924. The number of carbonyl (C=O) groups excluding carboxylic acids is 2. The Balaban J connectivity index is 1.60. The Labute approximate surface area is 245 Å². The maximum absolute atomic E-state index is 13.9. The third-order valence-corrected chi connectivity index (χ3v) is 7.76. The predicted molar refractivity (Wildman–Crippen MR) is 163 cm³/mol. The van der Waals surface area contributed by atoms with E-state index in [1.165, 1.54) is 12.1 Å². The normalized spacial score (nSPS) is 11.8. The van der Waals surface area contributed by atoms with Crippen LogP contribution in [-0.4, -0.2) is 25.2 Å². The summed E-state index contributed by atoms with van der Waals surface area (Å²) in [6, 6.07) is 24.9. The van der Waals surface area contributed by atoms with Gasteiger partial charge in [-0.05, 0) is 35.7 Å². The summed E-state index contributed by atoms with van der Waals surface area (Å²) in [5.74, 6) is -1.64. The molecule has 0 N–H and O–H groups in total.